The van der Waals surface area contributed by atoms with E-state index in [1.807, 2.05) is 24.3 Å². The molecule has 0 spiro atoms. The van der Waals surface area contributed by atoms with E-state index in [2.05, 4.69) is 38.9 Å². The molecule has 0 aliphatic carbocycles. The number of carbonyl (C=O) groups is 1. The van der Waals surface area contributed by atoms with Crippen molar-refractivity contribution < 1.29 is 4.79 Å². The number of ketones is 1. The summed E-state index contributed by atoms with van der Waals surface area (Å²) in [6.07, 6.45) is 6.67. The molecule has 0 N–H and O–H groups in total. The summed E-state index contributed by atoms with van der Waals surface area (Å²) in [4.78, 5) is 16.5. The molecule has 0 fully saturated rings. The first kappa shape index (κ1) is 19.2. The van der Waals surface area contributed by atoms with Crippen molar-refractivity contribution in [3.63, 3.8) is 0 Å². The van der Waals surface area contributed by atoms with Crippen molar-refractivity contribution in [3.05, 3.63) is 29.8 Å². The highest BCUT2D eigenvalue weighted by molar-refractivity contribution is 7.98. The second-order valence-corrected chi connectivity index (χ2v) is 7.19. The third-order valence-electron chi connectivity index (χ3n) is 4.26. The van der Waals surface area contributed by atoms with Crippen LogP contribution in [0.3, 0.4) is 0 Å². The lowest BCUT2D eigenvalue weighted by Crippen LogP contribution is -2.50. The molecular weight excluding hydrogens is 290 g/mol. The normalized spacial score (nSPS) is 11.9. The highest BCUT2D eigenvalue weighted by atomic mass is 32.2. The molecule has 0 radical (unpaired) electrons. The second-order valence-electron chi connectivity index (χ2n) is 6.31. The lowest BCUT2D eigenvalue weighted by atomic mass is 9.90. The number of benzene rings is 1. The number of unbranched alkanes of at least 4 members (excludes halogenated alkanes) is 2. The Morgan fingerprint density at radius 2 is 1.55 bits per heavy atom. The lowest BCUT2D eigenvalue weighted by Gasteiger charge is -2.37. The summed E-state index contributed by atoms with van der Waals surface area (Å²) in [5, 5.41) is 0. The first-order chi connectivity index (χ1) is 10.5. The second kappa shape index (κ2) is 9.36. The molecule has 0 aromatic heterocycles. The van der Waals surface area contributed by atoms with Crippen LogP contribution < -0.4 is 0 Å². The minimum Gasteiger partial charge on any atom is -0.292 e. The van der Waals surface area contributed by atoms with Crippen molar-refractivity contribution in [1.82, 2.24) is 4.90 Å². The highest BCUT2D eigenvalue weighted by Crippen LogP contribution is 2.24. The third kappa shape index (κ3) is 5.13. The summed E-state index contributed by atoms with van der Waals surface area (Å²) in [7, 11) is 0. The number of rotatable bonds is 10. The van der Waals surface area contributed by atoms with Crippen LogP contribution in [0.25, 0.3) is 0 Å². The minimum atomic E-state index is -0.439. The van der Waals surface area contributed by atoms with E-state index in [4.69, 9.17) is 0 Å². The number of carbonyl (C=O) groups excluding carboxylic acids is 1. The monoisotopic (exact) mass is 321 g/mol. The van der Waals surface area contributed by atoms with Gasteiger partial charge >= 0.3 is 0 Å². The number of nitrogens with zero attached hydrogens (tertiary/aromatic N) is 1. The van der Waals surface area contributed by atoms with Gasteiger partial charge in [0.05, 0.1) is 5.54 Å². The Kier molecular flexibility index (Phi) is 8.19. The molecule has 0 aliphatic rings. The zero-order valence-corrected chi connectivity index (χ0v) is 15.6. The average molecular weight is 322 g/mol. The van der Waals surface area contributed by atoms with Crippen molar-refractivity contribution in [1.29, 1.82) is 0 Å². The maximum atomic E-state index is 13.0. The number of hydrogen-bond acceptors (Lipinski definition) is 3. The summed E-state index contributed by atoms with van der Waals surface area (Å²) in [5.41, 5.74) is 0.381. The van der Waals surface area contributed by atoms with Gasteiger partial charge in [0, 0.05) is 10.5 Å². The molecule has 3 heteroatoms. The molecular formula is C19H31NOS. The van der Waals surface area contributed by atoms with Gasteiger partial charge in [-0.25, -0.2) is 0 Å². The van der Waals surface area contributed by atoms with Crippen molar-refractivity contribution in [3.8, 4) is 0 Å². The maximum Gasteiger partial charge on any atom is 0.182 e. The van der Waals surface area contributed by atoms with Crippen molar-refractivity contribution >= 4 is 17.5 Å². The van der Waals surface area contributed by atoms with Crippen molar-refractivity contribution in [2.45, 2.75) is 63.8 Å². The summed E-state index contributed by atoms with van der Waals surface area (Å²) in [6, 6.07) is 8.01. The summed E-state index contributed by atoms with van der Waals surface area (Å²) in [6.45, 7) is 10.5. The Bertz CT molecular complexity index is 445. The topological polar surface area (TPSA) is 20.3 Å². The minimum absolute atomic E-state index is 0.229. The molecule has 0 unspecified atom stereocenters. The fourth-order valence-electron chi connectivity index (χ4n) is 2.61. The van der Waals surface area contributed by atoms with Crippen molar-refractivity contribution in [2.75, 3.05) is 19.3 Å². The van der Waals surface area contributed by atoms with E-state index in [-0.39, 0.29) is 5.78 Å². The van der Waals surface area contributed by atoms with Gasteiger partial charge in [0.15, 0.2) is 5.78 Å². The summed E-state index contributed by atoms with van der Waals surface area (Å²) in [5.74, 6) is 0.229. The Labute approximate surface area is 140 Å². The Morgan fingerprint density at radius 1 is 1.05 bits per heavy atom. The molecule has 0 amide bonds. The van der Waals surface area contributed by atoms with Gasteiger partial charge in [-0.05, 0) is 58.2 Å². The smallest absolute Gasteiger partial charge is 0.182 e. The fraction of sp³-hybridized carbons (Fsp3) is 0.632. The first-order valence-corrected chi connectivity index (χ1v) is 9.63. The Hall–Kier alpha value is -0.800. The quantitative estimate of drug-likeness (QED) is 0.432. The zero-order valence-electron chi connectivity index (χ0n) is 14.8. The first-order valence-electron chi connectivity index (χ1n) is 8.41. The fourth-order valence-corrected chi connectivity index (χ4v) is 3.02. The molecule has 1 rings (SSSR count). The predicted octanol–water partition coefficient (Wildman–Crippen LogP) is 5.27. The molecule has 0 aliphatic heterocycles. The van der Waals surface area contributed by atoms with Gasteiger partial charge in [0.2, 0.25) is 0 Å². The number of hydrogen-bond donors (Lipinski definition) is 0. The largest absolute Gasteiger partial charge is 0.292 e. The van der Waals surface area contributed by atoms with Crippen LogP contribution in [0.4, 0.5) is 0 Å². The summed E-state index contributed by atoms with van der Waals surface area (Å²) < 4.78 is 0. The Morgan fingerprint density at radius 3 is 1.95 bits per heavy atom. The zero-order chi connectivity index (χ0) is 16.6. The lowest BCUT2D eigenvalue weighted by molar-refractivity contribution is 0.0630. The molecule has 2 nitrogen and oxygen atoms in total. The van der Waals surface area contributed by atoms with Gasteiger partial charge in [-0.15, -0.1) is 11.8 Å². The standard InChI is InChI=1S/C19H31NOS/c1-6-8-14-20(15-9-7-2)19(3,4)18(21)16-10-12-17(22-5)13-11-16/h10-13H,6-9,14-15H2,1-5H3. The van der Waals surface area contributed by atoms with Gasteiger partial charge in [-0.2, -0.15) is 0 Å². The molecule has 0 heterocycles. The molecule has 0 bridgehead atoms. The van der Waals surface area contributed by atoms with Crippen LogP contribution in [0, 0.1) is 0 Å². The maximum absolute atomic E-state index is 13.0. The average Bonchev–Trinajstić information content (AvgIpc) is 2.54. The molecule has 1 aromatic carbocycles. The van der Waals surface area contributed by atoms with Crippen LogP contribution >= 0.6 is 11.8 Å². The van der Waals surface area contributed by atoms with Crippen LogP contribution in [0.1, 0.15) is 63.7 Å². The van der Waals surface area contributed by atoms with E-state index < -0.39 is 5.54 Å². The van der Waals surface area contributed by atoms with Gasteiger partial charge in [0.25, 0.3) is 0 Å². The van der Waals surface area contributed by atoms with Gasteiger partial charge in [0.1, 0.15) is 0 Å². The Balaban J connectivity index is 2.91. The van der Waals surface area contributed by atoms with E-state index in [1.54, 1.807) is 11.8 Å². The molecule has 1 aromatic rings. The number of thioether (sulfide) groups is 1. The van der Waals surface area contributed by atoms with Crippen molar-refractivity contribution in [2.24, 2.45) is 0 Å². The van der Waals surface area contributed by atoms with Crippen LogP contribution in [0.15, 0.2) is 29.2 Å². The van der Waals surface area contributed by atoms with Crippen LogP contribution in [-0.4, -0.2) is 35.6 Å². The molecule has 22 heavy (non-hydrogen) atoms. The SMILES string of the molecule is CCCCN(CCCC)C(C)(C)C(=O)c1ccc(SC)cc1. The molecule has 0 atom stereocenters. The van der Waals surface area contributed by atoms with E-state index in [0.29, 0.717) is 0 Å². The van der Waals surface area contributed by atoms with Gasteiger partial charge in [-0.3, -0.25) is 9.69 Å². The summed E-state index contributed by atoms with van der Waals surface area (Å²) >= 11 is 1.70. The molecule has 0 saturated heterocycles. The predicted molar refractivity (Wildman–Crippen MR) is 98.0 cm³/mol. The van der Waals surface area contributed by atoms with E-state index >= 15 is 0 Å². The van der Waals surface area contributed by atoms with Crippen LogP contribution in [0.5, 0.6) is 0 Å². The van der Waals surface area contributed by atoms with E-state index in [1.165, 1.54) is 4.90 Å². The van der Waals surface area contributed by atoms with Crippen LogP contribution in [-0.2, 0) is 0 Å². The number of Topliss-reactive ketones (excluding diaryl/α,β-unsaturated/α-hetero) is 1. The highest BCUT2D eigenvalue weighted by Gasteiger charge is 2.34. The third-order valence-corrected chi connectivity index (χ3v) is 5.01. The molecule has 0 saturated carbocycles. The molecule has 124 valence electrons. The van der Waals surface area contributed by atoms with Crippen LogP contribution in [0.2, 0.25) is 0 Å². The van der Waals surface area contributed by atoms with Gasteiger partial charge < -0.3 is 0 Å². The van der Waals surface area contributed by atoms with E-state index in [9.17, 15) is 4.79 Å². The van der Waals surface area contributed by atoms with E-state index in [0.717, 1.165) is 44.3 Å². The van der Waals surface area contributed by atoms with Gasteiger partial charge in [-0.1, -0.05) is 38.8 Å².